The first-order chi connectivity index (χ1) is 13.4. The summed E-state index contributed by atoms with van der Waals surface area (Å²) in [4.78, 5) is 4.40. The van der Waals surface area contributed by atoms with Gasteiger partial charge in [0.05, 0.1) is 10.6 Å². The third kappa shape index (κ3) is 4.13. The minimum absolute atomic E-state index is 0.0762. The molecule has 2 heterocycles. The molecule has 0 unspecified atom stereocenters. The molecule has 0 saturated heterocycles. The number of hydrogen-bond donors (Lipinski definition) is 1. The van der Waals surface area contributed by atoms with Crippen LogP contribution in [0.5, 0.6) is 0 Å². The first-order valence-electron chi connectivity index (χ1n) is 8.00. The van der Waals surface area contributed by atoms with Gasteiger partial charge in [-0.3, -0.25) is 4.72 Å². The lowest BCUT2D eigenvalue weighted by Gasteiger charge is -2.07. The molecule has 0 amide bonds. The maximum Gasteiger partial charge on any atom is 0.261 e. The number of aromatic nitrogens is 3. The van der Waals surface area contributed by atoms with Gasteiger partial charge in [0, 0.05) is 17.6 Å². The molecule has 0 aliphatic heterocycles. The molecule has 28 heavy (non-hydrogen) atoms. The number of anilines is 1. The van der Waals surface area contributed by atoms with Crippen molar-refractivity contribution < 1.29 is 17.3 Å². The quantitative estimate of drug-likeness (QED) is 0.446. The summed E-state index contributed by atoms with van der Waals surface area (Å²) in [6.45, 7) is 1.71. The zero-order chi connectivity index (χ0) is 19.7. The minimum Gasteiger partial charge on any atom is -0.431 e. The lowest BCUT2D eigenvalue weighted by Crippen LogP contribution is -2.12. The van der Waals surface area contributed by atoms with E-state index in [0.29, 0.717) is 44.6 Å². The van der Waals surface area contributed by atoms with Crippen LogP contribution in [-0.4, -0.2) is 23.6 Å². The van der Waals surface area contributed by atoms with Gasteiger partial charge in [-0.25, -0.2) is 13.4 Å². The van der Waals surface area contributed by atoms with Gasteiger partial charge in [0.2, 0.25) is 11.8 Å². The van der Waals surface area contributed by atoms with E-state index in [9.17, 15) is 8.42 Å². The molecule has 0 fully saturated rings. The molecule has 2 aromatic carbocycles. The normalized spacial score (nSPS) is 11.8. The Kier molecular flexibility index (Phi) is 5.00. The number of hydrogen-bond acceptors (Lipinski definition) is 8. The average Bonchev–Trinajstić information content (AvgIpc) is 3.26. The number of oxazole rings is 1. The van der Waals surface area contributed by atoms with Crippen molar-refractivity contribution in [3.05, 3.63) is 59.3 Å². The first-order valence-corrected chi connectivity index (χ1v) is 10.8. The first kappa shape index (κ1) is 18.8. The molecule has 4 aromatic rings. The third-order valence-corrected chi connectivity index (χ3v) is 6.08. The van der Waals surface area contributed by atoms with Gasteiger partial charge in [0.15, 0.2) is 5.58 Å². The van der Waals surface area contributed by atoms with E-state index in [-0.39, 0.29) is 4.90 Å². The maximum atomic E-state index is 12.6. The number of nitrogens with one attached hydrogen (secondary N) is 1. The van der Waals surface area contributed by atoms with E-state index in [0.717, 1.165) is 0 Å². The van der Waals surface area contributed by atoms with Crippen molar-refractivity contribution in [1.82, 2.24) is 15.2 Å². The Labute approximate surface area is 169 Å². The highest BCUT2D eigenvalue weighted by Crippen LogP contribution is 2.28. The van der Waals surface area contributed by atoms with Crippen LogP contribution in [0.2, 0.25) is 5.02 Å². The molecule has 0 atom stereocenters. The molecule has 144 valence electrons. The average molecular weight is 437 g/mol. The van der Waals surface area contributed by atoms with Crippen LogP contribution in [0.1, 0.15) is 11.8 Å². The Bertz CT molecular complexity index is 1240. The molecule has 0 aliphatic carbocycles. The van der Waals surface area contributed by atoms with Crippen LogP contribution >= 0.6 is 23.4 Å². The van der Waals surface area contributed by atoms with E-state index in [1.807, 2.05) is 0 Å². The molecule has 0 aliphatic rings. The molecule has 1 N–H and O–H groups in total. The maximum absolute atomic E-state index is 12.6. The zero-order valence-electron chi connectivity index (χ0n) is 14.4. The van der Waals surface area contributed by atoms with Crippen molar-refractivity contribution in [2.75, 3.05) is 4.72 Å². The molecule has 0 radical (unpaired) electrons. The van der Waals surface area contributed by atoms with Gasteiger partial charge in [-0.2, -0.15) is 0 Å². The number of sulfonamides is 1. The number of halogens is 1. The fourth-order valence-corrected chi connectivity index (χ4v) is 4.25. The van der Waals surface area contributed by atoms with E-state index in [4.69, 9.17) is 20.4 Å². The predicted octanol–water partition coefficient (Wildman–Crippen LogP) is 4.27. The highest BCUT2D eigenvalue weighted by Gasteiger charge is 2.17. The summed E-state index contributed by atoms with van der Waals surface area (Å²) in [7, 11) is -3.78. The number of thioether (sulfide) groups is 1. The van der Waals surface area contributed by atoms with Crippen LogP contribution in [-0.2, 0) is 15.8 Å². The van der Waals surface area contributed by atoms with Gasteiger partial charge in [0.1, 0.15) is 5.52 Å². The van der Waals surface area contributed by atoms with Crippen molar-refractivity contribution in [2.24, 2.45) is 0 Å². The number of aryl methyl sites for hydroxylation is 1. The number of fused-ring (bicyclic) bond motifs is 1. The Morgan fingerprint density at radius 1 is 1.11 bits per heavy atom. The van der Waals surface area contributed by atoms with Gasteiger partial charge in [-0.1, -0.05) is 23.4 Å². The van der Waals surface area contributed by atoms with Crippen molar-refractivity contribution in [3.8, 4) is 0 Å². The monoisotopic (exact) mass is 436 g/mol. The summed E-state index contributed by atoms with van der Waals surface area (Å²) in [6, 6.07) is 10.9. The Hall–Kier alpha value is -2.56. The molecule has 11 heteroatoms. The summed E-state index contributed by atoms with van der Waals surface area (Å²) < 4.78 is 38.7. The second-order valence-corrected chi connectivity index (χ2v) is 8.77. The standard InChI is InChI=1S/C17H13ClN4O4S2/c1-10-20-21-16(25-10)9-27-17-19-14-8-13(6-7-15(14)26-17)28(23,24)22-12-4-2-11(18)3-5-12/h2-8,22H,9H2,1H3. The fourth-order valence-electron chi connectivity index (χ4n) is 2.37. The molecule has 2 aromatic heterocycles. The van der Waals surface area contributed by atoms with Crippen molar-refractivity contribution in [3.63, 3.8) is 0 Å². The SMILES string of the molecule is Cc1nnc(CSc2nc3cc(S(=O)(=O)Nc4ccc(Cl)cc4)ccc3o2)o1. The van der Waals surface area contributed by atoms with Crippen molar-refractivity contribution in [2.45, 2.75) is 22.8 Å². The van der Waals surface area contributed by atoms with Crippen LogP contribution in [0.3, 0.4) is 0 Å². The number of nitrogens with zero attached hydrogens (tertiary/aromatic N) is 3. The Morgan fingerprint density at radius 3 is 2.61 bits per heavy atom. The fraction of sp³-hybridized carbons (Fsp3) is 0.118. The highest BCUT2D eigenvalue weighted by atomic mass is 35.5. The highest BCUT2D eigenvalue weighted by molar-refractivity contribution is 7.98. The molecule has 0 spiro atoms. The van der Waals surface area contributed by atoms with Crippen LogP contribution in [0.25, 0.3) is 11.1 Å². The van der Waals surface area contributed by atoms with Gasteiger partial charge in [-0.15, -0.1) is 10.2 Å². The second-order valence-electron chi connectivity index (χ2n) is 5.73. The molecular weight excluding hydrogens is 424 g/mol. The Morgan fingerprint density at radius 2 is 1.89 bits per heavy atom. The van der Waals surface area contributed by atoms with E-state index in [2.05, 4.69) is 19.9 Å². The summed E-state index contributed by atoms with van der Waals surface area (Å²) >= 11 is 7.10. The smallest absolute Gasteiger partial charge is 0.261 e. The van der Waals surface area contributed by atoms with Crippen LogP contribution < -0.4 is 4.72 Å². The van der Waals surface area contributed by atoms with Gasteiger partial charge < -0.3 is 8.83 Å². The lowest BCUT2D eigenvalue weighted by atomic mass is 10.3. The lowest BCUT2D eigenvalue weighted by molar-refractivity contribution is 0.477. The largest absolute Gasteiger partial charge is 0.431 e. The predicted molar refractivity (Wildman–Crippen MR) is 105 cm³/mol. The van der Waals surface area contributed by atoms with E-state index >= 15 is 0 Å². The summed E-state index contributed by atoms with van der Waals surface area (Å²) in [6.07, 6.45) is 0. The third-order valence-electron chi connectivity index (χ3n) is 3.63. The molecule has 4 rings (SSSR count). The van der Waals surface area contributed by atoms with Crippen LogP contribution in [0, 0.1) is 6.92 Å². The van der Waals surface area contributed by atoms with Crippen LogP contribution in [0.4, 0.5) is 5.69 Å². The van der Waals surface area contributed by atoms with Gasteiger partial charge >= 0.3 is 0 Å². The van der Waals surface area contributed by atoms with Gasteiger partial charge in [0.25, 0.3) is 15.2 Å². The Balaban J connectivity index is 1.54. The molecule has 0 bridgehead atoms. The van der Waals surface area contributed by atoms with Crippen molar-refractivity contribution >= 4 is 50.2 Å². The van der Waals surface area contributed by atoms with E-state index < -0.39 is 10.0 Å². The van der Waals surface area contributed by atoms with E-state index in [1.54, 1.807) is 37.3 Å². The molecule has 0 saturated carbocycles. The van der Waals surface area contributed by atoms with E-state index in [1.165, 1.54) is 23.9 Å². The zero-order valence-corrected chi connectivity index (χ0v) is 16.8. The summed E-state index contributed by atoms with van der Waals surface area (Å²) in [5.74, 6) is 1.34. The van der Waals surface area contributed by atoms with Crippen molar-refractivity contribution in [1.29, 1.82) is 0 Å². The second kappa shape index (κ2) is 7.46. The topological polar surface area (TPSA) is 111 Å². The van der Waals surface area contributed by atoms with Crippen LogP contribution in [0.15, 0.2) is 61.4 Å². The number of benzene rings is 2. The van der Waals surface area contributed by atoms with Gasteiger partial charge in [-0.05, 0) is 42.5 Å². The minimum atomic E-state index is -3.78. The molecular formula is C17H13ClN4O4S2. The summed E-state index contributed by atoms with van der Waals surface area (Å²) in [5, 5.41) is 8.56. The number of rotatable bonds is 6. The molecule has 8 nitrogen and oxygen atoms in total. The summed E-state index contributed by atoms with van der Waals surface area (Å²) in [5.41, 5.74) is 1.33.